The molecule has 1 heterocycles. The molecule has 1 rings (SSSR count). The summed E-state index contributed by atoms with van der Waals surface area (Å²) in [5, 5.41) is 4.73. The van der Waals surface area contributed by atoms with Crippen molar-refractivity contribution in [3.8, 4) is 5.88 Å². The Morgan fingerprint density at radius 1 is 1.62 bits per heavy atom. The fourth-order valence-electron chi connectivity index (χ4n) is 0.732. The first-order valence-corrected chi connectivity index (χ1v) is 4.72. The van der Waals surface area contributed by atoms with E-state index >= 15 is 0 Å². The van der Waals surface area contributed by atoms with Crippen molar-refractivity contribution in [3.05, 3.63) is 18.1 Å². The first-order chi connectivity index (χ1) is 5.95. The minimum atomic E-state index is -4.06. The van der Waals surface area contributed by atoms with E-state index in [0.29, 0.717) is 0 Å². The second-order valence-corrected chi connectivity index (χ2v) is 3.73. The van der Waals surface area contributed by atoms with Crippen LogP contribution in [0.4, 0.5) is 4.39 Å². The van der Waals surface area contributed by atoms with E-state index in [2.05, 4.69) is 9.72 Å². The Balaban J connectivity index is 3.36. The highest BCUT2D eigenvalue weighted by atomic mass is 32.2. The molecule has 0 atom stereocenters. The smallest absolute Gasteiger partial charge is 0.241 e. The van der Waals surface area contributed by atoms with Gasteiger partial charge in [-0.3, -0.25) is 0 Å². The van der Waals surface area contributed by atoms with Crippen LogP contribution in [0.25, 0.3) is 0 Å². The maximum absolute atomic E-state index is 12.8. The third-order valence-corrected chi connectivity index (χ3v) is 2.24. The van der Waals surface area contributed by atoms with Crippen LogP contribution < -0.4 is 9.88 Å². The van der Waals surface area contributed by atoms with Gasteiger partial charge in [-0.05, 0) is 0 Å². The van der Waals surface area contributed by atoms with Gasteiger partial charge in [0.05, 0.1) is 13.3 Å². The first kappa shape index (κ1) is 9.87. The zero-order valence-electron chi connectivity index (χ0n) is 6.69. The molecule has 0 spiro atoms. The molecule has 0 unspecified atom stereocenters. The molecule has 0 amide bonds. The van der Waals surface area contributed by atoms with Crippen LogP contribution in [0, 0.1) is 5.82 Å². The van der Waals surface area contributed by atoms with Crippen molar-refractivity contribution >= 4 is 10.0 Å². The van der Waals surface area contributed by atoms with Gasteiger partial charge in [0.1, 0.15) is 4.90 Å². The Kier molecular flexibility index (Phi) is 2.48. The van der Waals surface area contributed by atoms with Crippen molar-refractivity contribution in [1.29, 1.82) is 0 Å². The largest absolute Gasteiger partial charge is 0.481 e. The Morgan fingerprint density at radius 2 is 2.23 bits per heavy atom. The van der Waals surface area contributed by atoms with Crippen LogP contribution >= 0.6 is 0 Å². The fourth-order valence-corrected chi connectivity index (χ4v) is 1.32. The van der Waals surface area contributed by atoms with E-state index in [1.54, 1.807) is 0 Å². The van der Waals surface area contributed by atoms with Gasteiger partial charge in [0.15, 0.2) is 5.82 Å². The molecule has 1 aromatic rings. The van der Waals surface area contributed by atoms with Gasteiger partial charge in [-0.1, -0.05) is 0 Å². The van der Waals surface area contributed by atoms with Gasteiger partial charge in [0, 0.05) is 6.07 Å². The number of rotatable bonds is 2. The molecule has 2 N–H and O–H groups in total. The molecule has 0 aliphatic heterocycles. The van der Waals surface area contributed by atoms with E-state index in [1.165, 1.54) is 7.11 Å². The third-order valence-electron chi connectivity index (χ3n) is 1.31. The minimum Gasteiger partial charge on any atom is -0.481 e. The molecule has 0 bridgehead atoms. The van der Waals surface area contributed by atoms with E-state index in [-0.39, 0.29) is 5.88 Å². The van der Waals surface area contributed by atoms with Gasteiger partial charge in [-0.2, -0.15) is 0 Å². The van der Waals surface area contributed by atoms with Crippen LogP contribution in [-0.2, 0) is 10.0 Å². The second-order valence-electron chi connectivity index (χ2n) is 2.20. The highest BCUT2D eigenvalue weighted by molar-refractivity contribution is 7.89. The fraction of sp³-hybridized carbons (Fsp3) is 0.167. The number of hydrogen-bond donors (Lipinski definition) is 1. The van der Waals surface area contributed by atoms with E-state index < -0.39 is 20.7 Å². The number of methoxy groups -OCH3 is 1. The molecule has 5 nitrogen and oxygen atoms in total. The summed E-state index contributed by atoms with van der Waals surface area (Å²) < 4.78 is 39.0. The molecule has 0 fully saturated rings. The lowest BCUT2D eigenvalue weighted by atomic mass is 10.5. The highest BCUT2D eigenvalue weighted by Gasteiger charge is 2.15. The van der Waals surface area contributed by atoms with Crippen LogP contribution in [0.2, 0.25) is 0 Å². The summed E-state index contributed by atoms with van der Waals surface area (Å²) in [5.41, 5.74) is 0. The molecule has 0 aromatic carbocycles. The molecule has 1 aromatic heterocycles. The topological polar surface area (TPSA) is 82.3 Å². The maximum atomic E-state index is 12.8. The van der Waals surface area contributed by atoms with Gasteiger partial charge in [0.2, 0.25) is 15.9 Å². The Bertz CT molecular complexity index is 418. The molecule has 0 saturated carbocycles. The number of primary sulfonamides is 1. The number of nitrogens with zero attached hydrogens (tertiary/aromatic N) is 1. The standard InChI is InChI=1S/C6H7FN2O3S/c1-12-6-2-5(13(8,10)11)4(7)3-9-6/h2-3H,1H3,(H2,8,10,11). The number of nitrogens with two attached hydrogens (primary N) is 1. The molecule has 0 aliphatic carbocycles. The van der Waals surface area contributed by atoms with Gasteiger partial charge in [-0.15, -0.1) is 0 Å². The van der Waals surface area contributed by atoms with Crippen molar-refractivity contribution in [2.24, 2.45) is 5.14 Å². The summed E-state index contributed by atoms with van der Waals surface area (Å²) in [4.78, 5) is 2.83. The lowest BCUT2D eigenvalue weighted by Gasteiger charge is -2.02. The predicted molar refractivity (Wildman–Crippen MR) is 42.1 cm³/mol. The molecule has 0 saturated heterocycles. The number of pyridine rings is 1. The third kappa shape index (κ3) is 2.13. The van der Waals surface area contributed by atoms with Crippen LogP contribution in [0.15, 0.2) is 17.2 Å². The molecule has 7 heteroatoms. The lowest BCUT2D eigenvalue weighted by molar-refractivity contribution is 0.392. The molecule has 13 heavy (non-hydrogen) atoms. The summed E-state index contributed by atoms with van der Waals surface area (Å²) >= 11 is 0. The van der Waals surface area contributed by atoms with E-state index in [9.17, 15) is 12.8 Å². The quantitative estimate of drug-likeness (QED) is 0.731. The van der Waals surface area contributed by atoms with Gasteiger partial charge in [-0.25, -0.2) is 22.9 Å². The van der Waals surface area contributed by atoms with E-state index in [0.717, 1.165) is 12.3 Å². The molecule has 0 radical (unpaired) electrons. The van der Waals surface area contributed by atoms with Crippen LogP contribution in [0.3, 0.4) is 0 Å². The summed E-state index contributed by atoms with van der Waals surface area (Å²) in [6, 6.07) is 0.921. The number of hydrogen-bond acceptors (Lipinski definition) is 4. The van der Waals surface area contributed by atoms with Crippen molar-refractivity contribution in [2.75, 3.05) is 7.11 Å². The first-order valence-electron chi connectivity index (χ1n) is 3.17. The van der Waals surface area contributed by atoms with Crippen molar-refractivity contribution in [3.63, 3.8) is 0 Å². The molecular weight excluding hydrogens is 199 g/mol. The predicted octanol–water partition coefficient (Wildman–Crippen LogP) is -0.123. The normalized spacial score (nSPS) is 11.3. The monoisotopic (exact) mass is 206 g/mol. The van der Waals surface area contributed by atoms with Crippen LogP contribution in [0.5, 0.6) is 5.88 Å². The zero-order chi connectivity index (χ0) is 10.1. The minimum absolute atomic E-state index is 0.00887. The summed E-state index contributed by atoms with van der Waals surface area (Å²) in [6.07, 6.45) is 0.735. The summed E-state index contributed by atoms with van der Waals surface area (Å²) in [5.74, 6) is -1.01. The number of sulfonamides is 1. The summed E-state index contributed by atoms with van der Waals surface area (Å²) in [6.45, 7) is 0. The average Bonchev–Trinajstić information content (AvgIpc) is 2.03. The van der Waals surface area contributed by atoms with Gasteiger partial charge < -0.3 is 4.74 Å². The van der Waals surface area contributed by atoms with E-state index in [4.69, 9.17) is 5.14 Å². The van der Waals surface area contributed by atoms with Crippen molar-refractivity contribution < 1.29 is 17.5 Å². The number of aromatic nitrogens is 1. The highest BCUT2D eigenvalue weighted by Crippen LogP contribution is 2.16. The van der Waals surface area contributed by atoms with E-state index in [1.807, 2.05) is 0 Å². The summed E-state index contributed by atoms with van der Waals surface area (Å²) in [7, 11) is -2.78. The van der Waals surface area contributed by atoms with Crippen molar-refractivity contribution in [1.82, 2.24) is 4.98 Å². The number of ether oxygens (including phenoxy) is 1. The Morgan fingerprint density at radius 3 is 2.69 bits per heavy atom. The maximum Gasteiger partial charge on any atom is 0.241 e. The Hall–Kier alpha value is -1.21. The SMILES string of the molecule is COc1cc(S(N)(=O)=O)c(F)cn1. The van der Waals surface area contributed by atoms with Gasteiger partial charge in [0.25, 0.3) is 0 Å². The second kappa shape index (κ2) is 3.27. The van der Waals surface area contributed by atoms with Crippen LogP contribution in [-0.4, -0.2) is 20.5 Å². The Labute approximate surface area is 74.4 Å². The van der Waals surface area contributed by atoms with Gasteiger partial charge >= 0.3 is 0 Å². The number of halogens is 1. The molecule has 0 aliphatic rings. The molecular formula is C6H7FN2O3S. The molecule has 72 valence electrons. The van der Waals surface area contributed by atoms with Crippen molar-refractivity contribution in [2.45, 2.75) is 4.90 Å². The zero-order valence-corrected chi connectivity index (χ0v) is 7.51. The van der Waals surface area contributed by atoms with Crippen LogP contribution in [0.1, 0.15) is 0 Å². The average molecular weight is 206 g/mol. The lowest BCUT2D eigenvalue weighted by Crippen LogP contribution is -2.14.